The van der Waals surface area contributed by atoms with Crippen LogP contribution in [0.25, 0.3) is 6.08 Å². The zero-order valence-corrected chi connectivity index (χ0v) is 10.6. The lowest BCUT2D eigenvalue weighted by Crippen LogP contribution is -1.99. The number of carbonyl (C=O) groups is 1. The van der Waals surface area contributed by atoms with Crippen molar-refractivity contribution >= 4 is 12.0 Å². The molecule has 0 saturated heterocycles. The molecule has 0 aliphatic heterocycles. The van der Waals surface area contributed by atoms with Gasteiger partial charge in [0.2, 0.25) is 12.2 Å². The van der Waals surface area contributed by atoms with Crippen molar-refractivity contribution in [1.29, 1.82) is 0 Å². The van der Waals surface area contributed by atoms with E-state index in [4.69, 9.17) is 14.6 Å². The SMILES string of the molecule is COc1ccc(OCc2ncon2)c(/C=C/C(=O)O)c1. The summed E-state index contributed by atoms with van der Waals surface area (Å²) >= 11 is 0. The summed E-state index contributed by atoms with van der Waals surface area (Å²) in [5.74, 6) is 0.445. The Hall–Kier alpha value is -2.83. The van der Waals surface area contributed by atoms with Crippen LogP contribution in [0.2, 0.25) is 0 Å². The number of hydrogen-bond acceptors (Lipinski definition) is 6. The van der Waals surface area contributed by atoms with E-state index in [1.165, 1.54) is 19.6 Å². The molecule has 0 aliphatic rings. The number of methoxy groups -OCH3 is 1. The molecule has 1 aromatic heterocycles. The van der Waals surface area contributed by atoms with Gasteiger partial charge in [-0.3, -0.25) is 0 Å². The number of carboxylic acids is 1. The zero-order valence-electron chi connectivity index (χ0n) is 10.6. The average Bonchev–Trinajstić information content (AvgIpc) is 2.96. The van der Waals surface area contributed by atoms with Gasteiger partial charge in [0, 0.05) is 11.6 Å². The van der Waals surface area contributed by atoms with Crippen LogP contribution in [-0.4, -0.2) is 28.3 Å². The smallest absolute Gasteiger partial charge is 0.328 e. The van der Waals surface area contributed by atoms with Gasteiger partial charge in [-0.2, -0.15) is 4.98 Å². The van der Waals surface area contributed by atoms with E-state index < -0.39 is 5.97 Å². The highest BCUT2D eigenvalue weighted by molar-refractivity contribution is 5.86. The van der Waals surface area contributed by atoms with E-state index in [1.807, 2.05) is 0 Å². The Balaban J connectivity index is 2.19. The average molecular weight is 276 g/mol. The molecule has 0 spiro atoms. The van der Waals surface area contributed by atoms with Crippen molar-refractivity contribution in [3.63, 3.8) is 0 Å². The molecule has 0 aliphatic carbocycles. The molecule has 0 atom stereocenters. The van der Waals surface area contributed by atoms with Crippen molar-refractivity contribution in [2.45, 2.75) is 6.61 Å². The van der Waals surface area contributed by atoms with E-state index in [-0.39, 0.29) is 6.61 Å². The van der Waals surface area contributed by atoms with Crippen molar-refractivity contribution < 1.29 is 23.9 Å². The minimum absolute atomic E-state index is 0.122. The molecule has 104 valence electrons. The Bertz CT molecular complexity index is 607. The first kappa shape index (κ1) is 13.6. The van der Waals surface area contributed by atoms with Gasteiger partial charge in [0.25, 0.3) is 0 Å². The van der Waals surface area contributed by atoms with Crippen LogP contribution in [-0.2, 0) is 11.4 Å². The predicted octanol–water partition coefficient (Wildman–Crippen LogP) is 1.75. The number of aromatic nitrogens is 2. The van der Waals surface area contributed by atoms with Gasteiger partial charge in [0.1, 0.15) is 11.5 Å². The summed E-state index contributed by atoms with van der Waals surface area (Å²) in [6, 6.07) is 5.06. The van der Waals surface area contributed by atoms with E-state index in [1.54, 1.807) is 18.2 Å². The lowest BCUT2D eigenvalue weighted by molar-refractivity contribution is -0.131. The summed E-state index contributed by atoms with van der Waals surface area (Å²) in [7, 11) is 1.53. The highest BCUT2D eigenvalue weighted by Gasteiger charge is 2.06. The summed E-state index contributed by atoms with van der Waals surface area (Å²) in [4.78, 5) is 14.4. The minimum Gasteiger partial charge on any atom is -0.497 e. The van der Waals surface area contributed by atoms with Gasteiger partial charge < -0.3 is 19.1 Å². The predicted molar refractivity (Wildman–Crippen MR) is 68.3 cm³/mol. The molecule has 2 rings (SSSR count). The fourth-order valence-corrected chi connectivity index (χ4v) is 1.47. The van der Waals surface area contributed by atoms with Crippen molar-refractivity contribution in [2.24, 2.45) is 0 Å². The number of benzene rings is 1. The molecular weight excluding hydrogens is 264 g/mol. The molecule has 7 heteroatoms. The van der Waals surface area contributed by atoms with Crippen LogP contribution in [0.3, 0.4) is 0 Å². The first-order valence-electron chi connectivity index (χ1n) is 5.66. The Morgan fingerprint density at radius 2 is 2.35 bits per heavy atom. The summed E-state index contributed by atoms with van der Waals surface area (Å²) in [6.07, 6.45) is 3.66. The van der Waals surface area contributed by atoms with Crippen LogP contribution in [0, 0.1) is 0 Å². The van der Waals surface area contributed by atoms with Gasteiger partial charge >= 0.3 is 5.97 Å². The van der Waals surface area contributed by atoms with Gasteiger partial charge in [-0.15, -0.1) is 0 Å². The second-order valence-electron chi connectivity index (χ2n) is 3.71. The fraction of sp³-hybridized carbons (Fsp3) is 0.154. The molecule has 1 N–H and O–H groups in total. The minimum atomic E-state index is -1.04. The second-order valence-corrected chi connectivity index (χ2v) is 3.71. The van der Waals surface area contributed by atoms with Crippen LogP contribution in [0.15, 0.2) is 35.2 Å². The highest BCUT2D eigenvalue weighted by Crippen LogP contribution is 2.26. The molecule has 0 bridgehead atoms. The monoisotopic (exact) mass is 276 g/mol. The molecule has 1 aromatic carbocycles. The maximum absolute atomic E-state index is 10.6. The summed E-state index contributed by atoms with van der Waals surface area (Å²) in [6.45, 7) is 0.122. The summed E-state index contributed by atoms with van der Waals surface area (Å²) in [5.41, 5.74) is 0.579. The Morgan fingerprint density at radius 1 is 1.50 bits per heavy atom. The van der Waals surface area contributed by atoms with E-state index in [9.17, 15) is 4.79 Å². The van der Waals surface area contributed by atoms with Crippen LogP contribution in [0.1, 0.15) is 11.4 Å². The van der Waals surface area contributed by atoms with E-state index in [0.717, 1.165) is 6.08 Å². The van der Waals surface area contributed by atoms with E-state index in [2.05, 4.69) is 14.7 Å². The number of carboxylic acid groups (broad SMARTS) is 1. The van der Waals surface area contributed by atoms with Crippen LogP contribution >= 0.6 is 0 Å². The van der Waals surface area contributed by atoms with Crippen LogP contribution in [0.4, 0.5) is 0 Å². The highest BCUT2D eigenvalue weighted by atomic mass is 16.5. The molecule has 1 heterocycles. The fourth-order valence-electron chi connectivity index (χ4n) is 1.47. The number of aliphatic carboxylic acids is 1. The van der Waals surface area contributed by atoms with Crippen LogP contribution < -0.4 is 9.47 Å². The molecule has 0 saturated carbocycles. The van der Waals surface area contributed by atoms with Crippen molar-refractivity contribution in [3.8, 4) is 11.5 Å². The maximum atomic E-state index is 10.6. The molecule has 7 nitrogen and oxygen atoms in total. The molecule has 20 heavy (non-hydrogen) atoms. The Kier molecular flexibility index (Phi) is 4.33. The van der Waals surface area contributed by atoms with Crippen LogP contribution in [0.5, 0.6) is 11.5 Å². The van der Waals surface area contributed by atoms with Crippen molar-refractivity contribution in [1.82, 2.24) is 10.1 Å². The van der Waals surface area contributed by atoms with Crippen molar-refractivity contribution in [3.05, 3.63) is 42.1 Å². The maximum Gasteiger partial charge on any atom is 0.328 e. The zero-order chi connectivity index (χ0) is 14.4. The molecule has 2 aromatic rings. The largest absolute Gasteiger partial charge is 0.497 e. The first-order valence-corrected chi connectivity index (χ1v) is 5.66. The quantitative estimate of drug-likeness (QED) is 0.803. The number of hydrogen-bond donors (Lipinski definition) is 1. The number of nitrogens with zero attached hydrogens (tertiary/aromatic N) is 2. The Morgan fingerprint density at radius 3 is 3.00 bits per heavy atom. The number of rotatable bonds is 6. The van der Waals surface area contributed by atoms with Gasteiger partial charge in [-0.25, -0.2) is 4.79 Å². The Labute approximate surface area is 114 Å². The third-order valence-corrected chi connectivity index (χ3v) is 2.39. The van der Waals surface area contributed by atoms with Crippen molar-refractivity contribution in [2.75, 3.05) is 7.11 Å². The second kappa shape index (κ2) is 6.37. The van der Waals surface area contributed by atoms with Gasteiger partial charge in [-0.1, -0.05) is 5.16 Å². The van der Waals surface area contributed by atoms with E-state index >= 15 is 0 Å². The van der Waals surface area contributed by atoms with Gasteiger partial charge in [0.15, 0.2) is 6.61 Å². The first-order chi connectivity index (χ1) is 9.69. The summed E-state index contributed by atoms with van der Waals surface area (Å²) < 4.78 is 15.2. The standard InChI is InChI=1S/C13H12N2O5/c1-18-10-3-4-11(9(6-10)2-5-13(16)17)19-7-12-14-8-20-15-12/h2-6,8H,7H2,1H3,(H,16,17)/b5-2+. The molecule has 0 amide bonds. The lowest BCUT2D eigenvalue weighted by atomic mass is 10.1. The van der Waals surface area contributed by atoms with E-state index in [0.29, 0.717) is 22.9 Å². The van der Waals surface area contributed by atoms with Gasteiger partial charge in [0.05, 0.1) is 7.11 Å². The molecular formula is C13H12N2O5. The molecule has 0 radical (unpaired) electrons. The number of ether oxygens (including phenoxy) is 2. The molecule has 0 fully saturated rings. The lowest BCUT2D eigenvalue weighted by Gasteiger charge is -2.09. The third kappa shape index (κ3) is 3.58. The molecule has 0 unspecified atom stereocenters. The van der Waals surface area contributed by atoms with Gasteiger partial charge in [-0.05, 0) is 24.3 Å². The third-order valence-electron chi connectivity index (χ3n) is 2.39. The summed E-state index contributed by atoms with van der Waals surface area (Å²) in [5, 5.41) is 12.3. The normalized spacial score (nSPS) is 10.7. The topological polar surface area (TPSA) is 94.7 Å².